The molecule has 1 atom stereocenters. The fourth-order valence-corrected chi connectivity index (χ4v) is 2.69. The van der Waals surface area contributed by atoms with E-state index in [4.69, 9.17) is 16.3 Å². The maximum absolute atomic E-state index is 6.20. The van der Waals surface area contributed by atoms with Gasteiger partial charge in [0.05, 0.1) is 17.2 Å². The van der Waals surface area contributed by atoms with E-state index >= 15 is 0 Å². The summed E-state index contributed by atoms with van der Waals surface area (Å²) in [6, 6.07) is 14.2. The van der Waals surface area contributed by atoms with Gasteiger partial charge in [-0.05, 0) is 72.2 Å². The van der Waals surface area contributed by atoms with E-state index in [1.165, 1.54) is 0 Å². The monoisotopic (exact) mass is 367 g/mol. The van der Waals surface area contributed by atoms with Gasteiger partial charge in [-0.1, -0.05) is 29.8 Å². The highest BCUT2D eigenvalue weighted by atomic mass is 79.9. The highest BCUT2D eigenvalue weighted by Gasteiger charge is 2.14. The second kappa shape index (κ2) is 7.30. The van der Waals surface area contributed by atoms with Crippen LogP contribution in [0.2, 0.25) is 5.02 Å². The van der Waals surface area contributed by atoms with E-state index in [1.807, 2.05) is 45.2 Å². The summed E-state index contributed by atoms with van der Waals surface area (Å²) in [6.45, 7) is 4.05. The van der Waals surface area contributed by atoms with Gasteiger partial charge in [0.25, 0.3) is 0 Å². The molecule has 0 aliphatic heterocycles. The van der Waals surface area contributed by atoms with Gasteiger partial charge in [0.15, 0.2) is 0 Å². The van der Waals surface area contributed by atoms with Crippen LogP contribution in [-0.4, -0.2) is 13.2 Å². The molecule has 0 aliphatic rings. The zero-order chi connectivity index (χ0) is 15.4. The first-order valence-electron chi connectivity index (χ1n) is 6.90. The Morgan fingerprint density at radius 3 is 2.43 bits per heavy atom. The average molecular weight is 369 g/mol. The number of halogens is 2. The summed E-state index contributed by atoms with van der Waals surface area (Å²) >= 11 is 9.63. The minimum Gasteiger partial charge on any atom is -0.491 e. The van der Waals surface area contributed by atoms with Gasteiger partial charge in [-0.15, -0.1) is 0 Å². The minimum atomic E-state index is 0.0753. The molecule has 2 nitrogen and oxygen atoms in total. The van der Waals surface area contributed by atoms with Crippen LogP contribution in [0.15, 0.2) is 46.9 Å². The molecule has 2 aromatic carbocycles. The van der Waals surface area contributed by atoms with Crippen molar-refractivity contribution < 1.29 is 4.74 Å². The van der Waals surface area contributed by atoms with Crippen LogP contribution < -0.4 is 10.1 Å². The molecule has 1 unspecified atom stereocenters. The van der Waals surface area contributed by atoms with Crippen LogP contribution in [0.5, 0.6) is 5.75 Å². The van der Waals surface area contributed by atoms with E-state index < -0.39 is 0 Å². The normalized spacial score (nSPS) is 12.5. The molecule has 1 N–H and O–H groups in total. The molecule has 0 bridgehead atoms. The minimum absolute atomic E-state index is 0.0753. The molecule has 0 saturated carbocycles. The number of nitrogens with one attached hydrogen (secondary N) is 1. The fraction of sp³-hybridized carbons (Fsp3) is 0.294. The van der Waals surface area contributed by atoms with Crippen molar-refractivity contribution in [2.75, 3.05) is 7.05 Å². The summed E-state index contributed by atoms with van der Waals surface area (Å²) in [4.78, 5) is 0. The third kappa shape index (κ3) is 4.22. The fourth-order valence-electron chi connectivity index (χ4n) is 2.26. The molecule has 0 saturated heterocycles. The maximum Gasteiger partial charge on any atom is 0.120 e. The standard InChI is InChI=1S/C17H19BrClNO/c1-11(2)21-14-6-4-5-12(9-14)17(20-3)13-7-8-15(18)16(19)10-13/h4-11,17,20H,1-3H3. The van der Waals surface area contributed by atoms with Gasteiger partial charge in [0, 0.05) is 4.47 Å². The predicted octanol–water partition coefficient (Wildman–Crippen LogP) is 5.20. The largest absolute Gasteiger partial charge is 0.491 e. The van der Waals surface area contributed by atoms with Gasteiger partial charge in [-0.2, -0.15) is 0 Å². The quantitative estimate of drug-likeness (QED) is 0.783. The molecule has 112 valence electrons. The first kappa shape index (κ1) is 16.3. The second-order valence-corrected chi connectivity index (χ2v) is 6.40. The summed E-state index contributed by atoms with van der Waals surface area (Å²) in [7, 11) is 1.94. The van der Waals surface area contributed by atoms with Crippen molar-refractivity contribution in [2.45, 2.75) is 26.0 Å². The number of ether oxygens (including phenoxy) is 1. The van der Waals surface area contributed by atoms with Crippen LogP contribution in [0.25, 0.3) is 0 Å². The third-order valence-corrected chi connectivity index (χ3v) is 4.36. The van der Waals surface area contributed by atoms with Gasteiger partial charge in [0.2, 0.25) is 0 Å². The van der Waals surface area contributed by atoms with E-state index in [2.05, 4.69) is 39.4 Å². The van der Waals surface area contributed by atoms with Crippen molar-refractivity contribution in [3.05, 3.63) is 63.1 Å². The van der Waals surface area contributed by atoms with Crippen molar-refractivity contribution >= 4 is 27.5 Å². The lowest BCUT2D eigenvalue weighted by molar-refractivity contribution is 0.242. The summed E-state index contributed by atoms with van der Waals surface area (Å²) in [5.41, 5.74) is 2.27. The smallest absolute Gasteiger partial charge is 0.120 e. The highest BCUT2D eigenvalue weighted by molar-refractivity contribution is 9.10. The first-order valence-corrected chi connectivity index (χ1v) is 8.07. The Kier molecular flexibility index (Phi) is 5.68. The Balaban J connectivity index is 2.34. The van der Waals surface area contributed by atoms with E-state index in [0.29, 0.717) is 5.02 Å². The van der Waals surface area contributed by atoms with Crippen LogP contribution in [0.3, 0.4) is 0 Å². The third-order valence-electron chi connectivity index (χ3n) is 3.13. The van der Waals surface area contributed by atoms with Crippen LogP contribution >= 0.6 is 27.5 Å². The molecule has 0 aliphatic carbocycles. The summed E-state index contributed by atoms with van der Waals surface area (Å²) < 4.78 is 6.67. The zero-order valence-electron chi connectivity index (χ0n) is 12.4. The van der Waals surface area contributed by atoms with E-state index in [1.54, 1.807) is 0 Å². The van der Waals surface area contributed by atoms with Crippen molar-refractivity contribution in [3.8, 4) is 5.75 Å². The van der Waals surface area contributed by atoms with Gasteiger partial charge in [0.1, 0.15) is 5.75 Å². The van der Waals surface area contributed by atoms with Crippen LogP contribution in [-0.2, 0) is 0 Å². The Morgan fingerprint density at radius 2 is 1.81 bits per heavy atom. The number of benzene rings is 2. The summed E-state index contributed by atoms with van der Waals surface area (Å²) in [5, 5.41) is 4.04. The van der Waals surface area contributed by atoms with E-state index in [-0.39, 0.29) is 12.1 Å². The van der Waals surface area contributed by atoms with Crippen molar-refractivity contribution in [1.29, 1.82) is 0 Å². The molecular weight excluding hydrogens is 350 g/mol. The highest BCUT2D eigenvalue weighted by Crippen LogP contribution is 2.30. The van der Waals surface area contributed by atoms with Crippen molar-refractivity contribution in [1.82, 2.24) is 5.32 Å². The van der Waals surface area contributed by atoms with Gasteiger partial charge < -0.3 is 10.1 Å². The second-order valence-electron chi connectivity index (χ2n) is 5.13. The van der Waals surface area contributed by atoms with Gasteiger partial charge in [-0.3, -0.25) is 0 Å². The number of rotatable bonds is 5. The Morgan fingerprint density at radius 1 is 1.10 bits per heavy atom. The summed E-state index contributed by atoms with van der Waals surface area (Å²) in [6.07, 6.45) is 0.162. The molecule has 2 rings (SSSR count). The lowest BCUT2D eigenvalue weighted by Gasteiger charge is -2.19. The molecular formula is C17H19BrClNO. The van der Waals surface area contributed by atoms with Gasteiger partial charge in [-0.25, -0.2) is 0 Å². The SMILES string of the molecule is CNC(c1cccc(OC(C)C)c1)c1ccc(Br)c(Cl)c1. The van der Waals surface area contributed by atoms with Crippen LogP contribution in [0, 0.1) is 0 Å². The zero-order valence-corrected chi connectivity index (χ0v) is 14.7. The molecule has 2 aromatic rings. The molecule has 0 fully saturated rings. The molecule has 4 heteroatoms. The topological polar surface area (TPSA) is 21.3 Å². The predicted molar refractivity (Wildman–Crippen MR) is 92.3 cm³/mol. The Labute approximate surface area is 139 Å². The Hall–Kier alpha value is -1.03. The van der Waals surface area contributed by atoms with Crippen LogP contribution in [0.1, 0.15) is 31.0 Å². The molecule has 0 aromatic heterocycles. The van der Waals surface area contributed by atoms with E-state index in [9.17, 15) is 0 Å². The maximum atomic E-state index is 6.20. The van der Waals surface area contributed by atoms with Crippen LogP contribution in [0.4, 0.5) is 0 Å². The average Bonchev–Trinajstić information content (AvgIpc) is 2.43. The molecule has 21 heavy (non-hydrogen) atoms. The lowest BCUT2D eigenvalue weighted by atomic mass is 9.99. The molecule has 0 amide bonds. The van der Waals surface area contributed by atoms with Gasteiger partial charge >= 0.3 is 0 Å². The van der Waals surface area contributed by atoms with Crippen molar-refractivity contribution in [3.63, 3.8) is 0 Å². The summed E-state index contributed by atoms with van der Waals surface area (Å²) in [5.74, 6) is 0.881. The molecule has 0 radical (unpaired) electrons. The molecule has 0 heterocycles. The van der Waals surface area contributed by atoms with Crippen molar-refractivity contribution in [2.24, 2.45) is 0 Å². The number of hydrogen-bond donors (Lipinski definition) is 1. The number of hydrogen-bond acceptors (Lipinski definition) is 2. The van der Waals surface area contributed by atoms with E-state index in [0.717, 1.165) is 21.3 Å². The lowest BCUT2D eigenvalue weighted by Crippen LogP contribution is -2.18. The first-order chi connectivity index (χ1) is 10.0. The molecule has 0 spiro atoms. The Bertz CT molecular complexity index is 615.